The molecule has 46 heavy (non-hydrogen) atoms. The lowest BCUT2D eigenvalue weighted by Crippen LogP contribution is -2.61. The molecule has 0 aliphatic carbocycles. The highest BCUT2D eigenvalue weighted by Crippen LogP contribution is 2.44. The molecule has 224 valence electrons. The minimum atomic E-state index is 0.127. The highest BCUT2D eigenvalue weighted by atomic mass is 15.2. The van der Waals surface area contributed by atoms with Crippen molar-refractivity contribution in [2.24, 2.45) is 0 Å². The Kier molecular flexibility index (Phi) is 6.87. The molecule has 0 unspecified atom stereocenters. The number of hydrogen-bond donors (Lipinski definition) is 0. The molecule has 0 fully saturated rings. The topological polar surface area (TPSA) is 6.48 Å². The second-order valence-corrected chi connectivity index (χ2v) is 13.5. The summed E-state index contributed by atoms with van der Waals surface area (Å²) in [5.41, 5.74) is 17.9. The first kappa shape index (κ1) is 28.5. The molecule has 0 spiro atoms. The Hall–Kier alpha value is -5.02. The van der Waals surface area contributed by atoms with E-state index in [9.17, 15) is 0 Å². The lowest BCUT2D eigenvalue weighted by molar-refractivity contribution is 0.866. The van der Waals surface area contributed by atoms with Crippen LogP contribution in [0.1, 0.15) is 56.2 Å². The second-order valence-electron chi connectivity index (χ2n) is 13.5. The Morgan fingerprint density at radius 1 is 0.457 bits per heavy atom. The normalized spacial score (nSPS) is 13.2. The van der Waals surface area contributed by atoms with Gasteiger partial charge in [-0.25, -0.2) is 0 Å². The summed E-state index contributed by atoms with van der Waals surface area (Å²) in [5, 5.41) is 0. The van der Waals surface area contributed by atoms with Crippen LogP contribution in [0.3, 0.4) is 0 Å². The SMILES string of the molecule is Cc1ccc(-c2ccc3c(c2)N(c2ccc(C(C)C)cc2)c2cccc4c2B3c2ccccc2N4c2ccc(C(C)C)cc2)cc1. The zero-order chi connectivity index (χ0) is 31.5. The van der Waals surface area contributed by atoms with Crippen LogP contribution in [0.15, 0.2) is 133 Å². The Balaban J connectivity index is 1.38. The molecule has 6 aromatic rings. The van der Waals surface area contributed by atoms with Gasteiger partial charge in [-0.1, -0.05) is 118 Å². The fourth-order valence-corrected chi connectivity index (χ4v) is 7.38. The Bertz CT molecular complexity index is 2060. The van der Waals surface area contributed by atoms with Crippen LogP contribution in [0.25, 0.3) is 11.1 Å². The molecule has 0 saturated heterocycles. The number of nitrogens with zero attached hydrogens (tertiary/aromatic N) is 2. The first-order chi connectivity index (χ1) is 22.4. The second kappa shape index (κ2) is 11.1. The van der Waals surface area contributed by atoms with Crippen LogP contribution in [0.4, 0.5) is 34.1 Å². The minimum Gasteiger partial charge on any atom is -0.311 e. The van der Waals surface area contributed by atoms with Gasteiger partial charge in [0.15, 0.2) is 0 Å². The third kappa shape index (κ3) is 4.57. The Morgan fingerprint density at radius 3 is 1.54 bits per heavy atom. The molecule has 2 aliphatic rings. The third-order valence-corrected chi connectivity index (χ3v) is 9.92. The molecule has 3 heteroatoms. The molecule has 0 amide bonds. The first-order valence-corrected chi connectivity index (χ1v) is 16.6. The van der Waals surface area contributed by atoms with Crippen LogP contribution in [-0.4, -0.2) is 6.71 Å². The molecule has 0 radical (unpaired) electrons. The molecule has 2 nitrogen and oxygen atoms in total. The smallest absolute Gasteiger partial charge is 0.252 e. The van der Waals surface area contributed by atoms with Gasteiger partial charge < -0.3 is 9.80 Å². The summed E-state index contributed by atoms with van der Waals surface area (Å²) in [5.74, 6) is 0.977. The van der Waals surface area contributed by atoms with Gasteiger partial charge in [-0.2, -0.15) is 0 Å². The van der Waals surface area contributed by atoms with E-state index in [1.807, 2.05) is 0 Å². The van der Waals surface area contributed by atoms with Gasteiger partial charge in [-0.15, -0.1) is 0 Å². The van der Waals surface area contributed by atoms with Crippen LogP contribution in [0, 0.1) is 6.92 Å². The average molecular weight is 595 g/mol. The van der Waals surface area contributed by atoms with E-state index in [0.717, 1.165) is 0 Å². The number of para-hydroxylation sites is 1. The predicted octanol–water partition coefficient (Wildman–Crippen LogP) is 9.99. The van der Waals surface area contributed by atoms with Crippen LogP contribution >= 0.6 is 0 Å². The van der Waals surface area contributed by atoms with E-state index in [1.54, 1.807) is 0 Å². The highest BCUT2D eigenvalue weighted by Gasteiger charge is 2.43. The quantitative estimate of drug-likeness (QED) is 0.183. The zero-order valence-corrected chi connectivity index (χ0v) is 27.3. The standard InChI is InChI=1S/C43H39BN2/c1-28(2)31-17-22-35(23-18-31)45-39-10-7-6-9-37(39)44-38-26-21-34(33-15-13-30(5)14-16-33)27-42(38)46(41-12-8-11-40(45)43(41)44)36-24-19-32(20-25-36)29(3)4/h6-29H,1-5H3. The predicted molar refractivity (Wildman–Crippen MR) is 199 cm³/mol. The van der Waals surface area contributed by atoms with E-state index in [2.05, 4.69) is 178 Å². The van der Waals surface area contributed by atoms with Gasteiger partial charge in [-0.3, -0.25) is 0 Å². The first-order valence-electron chi connectivity index (χ1n) is 16.6. The molecule has 0 N–H and O–H groups in total. The van der Waals surface area contributed by atoms with Crippen LogP contribution in [0.2, 0.25) is 0 Å². The lowest BCUT2D eigenvalue weighted by atomic mass is 9.33. The summed E-state index contributed by atoms with van der Waals surface area (Å²) in [6, 6.07) is 50.2. The van der Waals surface area contributed by atoms with Crippen molar-refractivity contribution >= 4 is 57.2 Å². The summed E-state index contributed by atoms with van der Waals surface area (Å²) < 4.78 is 0. The summed E-state index contributed by atoms with van der Waals surface area (Å²) in [6.07, 6.45) is 0. The maximum absolute atomic E-state index is 2.50. The van der Waals surface area contributed by atoms with Gasteiger partial charge in [0.2, 0.25) is 0 Å². The van der Waals surface area contributed by atoms with Gasteiger partial charge in [0.05, 0.1) is 0 Å². The van der Waals surface area contributed by atoms with Crippen molar-refractivity contribution in [3.8, 4) is 11.1 Å². The number of rotatable bonds is 5. The van der Waals surface area contributed by atoms with Gasteiger partial charge >= 0.3 is 0 Å². The Morgan fingerprint density at radius 2 is 0.957 bits per heavy atom. The minimum absolute atomic E-state index is 0.127. The van der Waals surface area contributed by atoms with E-state index in [-0.39, 0.29) is 6.71 Å². The largest absolute Gasteiger partial charge is 0.311 e. The zero-order valence-electron chi connectivity index (χ0n) is 27.3. The fourth-order valence-electron chi connectivity index (χ4n) is 7.38. The summed E-state index contributed by atoms with van der Waals surface area (Å²) in [4.78, 5) is 4.97. The van der Waals surface area contributed by atoms with Crippen molar-refractivity contribution < 1.29 is 0 Å². The van der Waals surface area contributed by atoms with Gasteiger partial charge in [-0.05, 0) is 106 Å². The summed E-state index contributed by atoms with van der Waals surface area (Å²) >= 11 is 0. The molecule has 8 rings (SSSR count). The van der Waals surface area contributed by atoms with Gasteiger partial charge in [0, 0.05) is 34.1 Å². The number of aryl methyl sites for hydroxylation is 1. The van der Waals surface area contributed by atoms with Crippen LogP contribution in [0.5, 0.6) is 0 Å². The molecule has 2 heterocycles. The number of benzene rings is 6. The lowest BCUT2D eigenvalue weighted by Gasteiger charge is -2.44. The van der Waals surface area contributed by atoms with Gasteiger partial charge in [0.25, 0.3) is 6.71 Å². The summed E-state index contributed by atoms with van der Waals surface area (Å²) in [7, 11) is 0. The monoisotopic (exact) mass is 594 g/mol. The van der Waals surface area contributed by atoms with Crippen molar-refractivity contribution in [1.82, 2.24) is 0 Å². The van der Waals surface area contributed by atoms with E-state index in [0.29, 0.717) is 11.8 Å². The maximum Gasteiger partial charge on any atom is 0.252 e. The van der Waals surface area contributed by atoms with Crippen molar-refractivity contribution in [2.45, 2.75) is 46.5 Å². The van der Waals surface area contributed by atoms with Crippen LogP contribution in [-0.2, 0) is 0 Å². The van der Waals surface area contributed by atoms with E-state index in [1.165, 1.54) is 78.3 Å². The van der Waals surface area contributed by atoms with Crippen molar-refractivity contribution in [1.29, 1.82) is 0 Å². The molecular weight excluding hydrogens is 555 g/mol. The van der Waals surface area contributed by atoms with E-state index < -0.39 is 0 Å². The van der Waals surface area contributed by atoms with E-state index in [4.69, 9.17) is 0 Å². The number of hydrogen-bond acceptors (Lipinski definition) is 2. The molecule has 0 saturated carbocycles. The number of fused-ring (bicyclic) bond motifs is 4. The van der Waals surface area contributed by atoms with Crippen molar-refractivity contribution in [3.05, 3.63) is 150 Å². The third-order valence-electron chi connectivity index (χ3n) is 9.92. The molecule has 0 atom stereocenters. The van der Waals surface area contributed by atoms with Gasteiger partial charge in [0.1, 0.15) is 0 Å². The van der Waals surface area contributed by atoms with Crippen molar-refractivity contribution in [3.63, 3.8) is 0 Å². The molecule has 0 aromatic heterocycles. The van der Waals surface area contributed by atoms with Crippen LogP contribution < -0.4 is 26.2 Å². The summed E-state index contributed by atoms with van der Waals surface area (Å²) in [6.45, 7) is 11.3. The molecular formula is C43H39BN2. The fraction of sp³-hybridized carbons (Fsp3) is 0.163. The number of anilines is 6. The molecule has 6 aromatic carbocycles. The molecule has 0 bridgehead atoms. The van der Waals surface area contributed by atoms with E-state index >= 15 is 0 Å². The maximum atomic E-state index is 2.50. The molecule has 2 aliphatic heterocycles. The van der Waals surface area contributed by atoms with Crippen molar-refractivity contribution in [2.75, 3.05) is 9.80 Å². The highest BCUT2D eigenvalue weighted by molar-refractivity contribution is 7.00. The average Bonchev–Trinajstić information content (AvgIpc) is 3.08. The Labute approximate surface area is 274 Å².